The van der Waals surface area contributed by atoms with Gasteiger partial charge in [-0.25, -0.2) is 0 Å². The predicted molar refractivity (Wildman–Crippen MR) is 247 cm³/mol. The first-order chi connectivity index (χ1) is 26.9. The van der Waals surface area contributed by atoms with Crippen molar-refractivity contribution < 1.29 is 5.11 Å². The zero-order chi connectivity index (χ0) is 40.0. The summed E-state index contributed by atoms with van der Waals surface area (Å²) in [6.07, 6.45) is 52.0. The number of benzene rings is 1. The van der Waals surface area contributed by atoms with Crippen LogP contribution in [-0.4, -0.2) is 10.7 Å². The lowest BCUT2D eigenvalue weighted by molar-refractivity contribution is -0.158. The van der Waals surface area contributed by atoms with E-state index < -0.39 is 5.60 Å². The first-order valence-corrected chi connectivity index (χ1v) is 25.4. The van der Waals surface area contributed by atoms with Crippen molar-refractivity contribution in [2.75, 3.05) is 0 Å². The number of hydrogen-bond donors (Lipinski definition) is 1. The molecular weight excluding hydrogens is 665 g/mol. The average Bonchev–Trinajstić information content (AvgIpc) is 3.20. The maximum absolute atomic E-state index is 14.0. The number of rotatable bonds is 37. The summed E-state index contributed by atoms with van der Waals surface area (Å²) < 4.78 is 0. The summed E-state index contributed by atoms with van der Waals surface area (Å²) in [5.74, 6) is 0. The molecule has 1 aromatic carbocycles. The Labute approximate surface area is 346 Å². The van der Waals surface area contributed by atoms with E-state index in [4.69, 9.17) is 0 Å². The molecule has 0 aromatic heterocycles. The van der Waals surface area contributed by atoms with Crippen molar-refractivity contribution in [3.63, 3.8) is 0 Å². The van der Waals surface area contributed by atoms with Gasteiger partial charge in [-0.1, -0.05) is 277 Å². The van der Waals surface area contributed by atoms with E-state index in [-0.39, 0.29) is 16.2 Å². The molecule has 1 nitrogen and oxygen atoms in total. The fraction of sp³-hybridized carbons (Fsp3) is 0.852. The van der Waals surface area contributed by atoms with Crippen molar-refractivity contribution in [1.82, 2.24) is 0 Å². The van der Waals surface area contributed by atoms with Crippen molar-refractivity contribution in [3.8, 4) is 0 Å². The van der Waals surface area contributed by atoms with Gasteiger partial charge in [0.25, 0.3) is 0 Å². The van der Waals surface area contributed by atoms with Crippen molar-refractivity contribution in [3.05, 3.63) is 48.0 Å². The lowest BCUT2D eigenvalue weighted by Crippen LogP contribution is -2.68. The highest BCUT2D eigenvalue weighted by Crippen LogP contribution is 2.71. The normalized spacial score (nSPS) is 20.3. The minimum absolute atomic E-state index is 0.0347. The second-order valence-corrected chi connectivity index (χ2v) is 18.8. The standard InChI is InChI=1S/C54H98O/c1-7-13-19-25-34-42-51(43-35-26-20-14-8-2)48-49-53(55,46-38-29-23-17-11-5)54(47-39-30-24-18-12-6,50-40-32-31-33-41-50)52(51,44-36-27-21-15-9-3)45-37-28-22-16-10-4/h31-33,40-41,48-49,55H,7-30,34-39,42-47H2,1-6H3. The van der Waals surface area contributed by atoms with Gasteiger partial charge in [-0.2, -0.15) is 0 Å². The van der Waals surface area contributed by atoms with E-state index >= 15 is 0 Å². The third-order valence-electron chi connectivity index (χ3n) is 14.6. The lowest BCUT2D eigenvalue weighted by Gasteiger charge is -2.68. The molecule has 1 heteroatoms. The zero-order valence-electron chi connectivity index (χ0n) is 38.4. The molecule has 0 saturated carbocycles. The quantitative estimate of drug-likeness (QED) is 0.0529. The maximum atomic E-state index is 14.0. The summed E-state index contributed by atoms with van der Waals surface area (Å²) in [6, 6.07) is 11.9. The van der Waals surface area contributed by atoms with E-state index in [0.29, 0.717) is 0 Å². The third-order valence-corrected chi connectivity index (χ3v) is 14.6. The summed E-state index contributed by atoms with van der Waals surface area (Å²) in [5.41, 5.74) is 0.526. The first-order valence-electron chi connectivity index (χ1n) is 25.4. The molecule has 1 aromatic rings. The topological polar surface area (TPSA) is 20.2 Å². The SMILES string of the molecule is CCCCCCCC1(O)C=CC(CCCCCCC)(CCCCCCC)C(CCCCCCC)(CCCCCCC)C1(CCCCCCC)c1ccccc1. The molecule has 0 bridgehead atoms. The second kappa shape index (κ2) is 30.0. The number of unbranched alkanes of at least 4 members (excludes halogenated alkanes) is 24. The van der Waals surface area contributed by atoms with Crippen LogP contribution >= 0.6 is 0 Å². The van der Waals surface area contributed by atoms with Gasteiger partial charge in [0.1, 0.15) is 0 Å². The average molecular weight is 763 g/mol. The summed E-state index contributed by atoms with van der Waals surface area (Å²) >= 11 is 0. The smallest absolute Gasteiger partial charge is 0.0929 e. The van der Waals surface area contributed by atoms with E-state index in [0.717, 1.165) is 19.3 Å². The zero-order valence-corrected chi connectivity index (χ0v) is 38.4. The van der Waals surface area contributed by atoms with Crippen LogP contribution in [-0.2, 0) is 5.41 Å². The lowest BCUT2D eigenvalue weighted by atomic mass is 9.36. The Morgan fingerprint density at radius 2 is 0.673 bits per heavy atom. The summed E-state index contributed by atoms with van der Waals surface area (Å²) in [4.78, 5) is 0. The van der Waals surface area contributed by atoms with Gasteiger partial charge >= 0.3 is 0 Å². The molecule has 1 aliphatic rings. The Morgan fingerprint density at radius 1 is 0.345 bits per heavy atom. The monoisotopic (exact) mass is 763 g/mol. The number of hydrogen-bond acceptors (Lipinski definition) is 1. The van der Waals surface area contributed by atoms with Crippen LogP contribution in [0.5, 0.6) is 0 Å². The minimum atomic E-state index is -0.827. The van der Waals surface area contributed by atoms with Gasteiger partial charge in [0.05, 0.1) is 5.60 Å². The van der Waals surface area contributed by atoms with E-state index in [1.54, 1.807) is 0 Å². The molecule has 0 radical (unpaired) electrons. The minimum Gasteiger partial charge on any atom is -0.385 e. The summed E-state index contributed by atoms with van der Waals surface area (Å²) in [7, 11) is 0. The van der Waals surface area contributed by atoms with Gasteiger partial charge in [0, 0.05) is 5.41 Å². The molecule has 0 saturated heterocycles. The van der Waals surface area contributed by atoms with Crippen molar-refractivity contribution in [2.45, 2.75) is 284 Å². The molecule has 2 atom stereocenters. The molecule has 0 fully saturated rings. The van der Waals surface area contributed by atoms with Gasteiger partial charge in [0.15, 0.2) is 0 Å². The highest BCUT2D eigenvalue weighted by atomic mass is 16.3. The van der Waals surface area contributed by atoms with Crippen LogP contribution in [0.15, 0.2) is 42.5 Å². The molecule has 1 N–H and O–H groups in total. The Balaban J connectivity index is 2.99. The van der Waals surface area contributed by atoms with Crippen LogP contribution in [0.25, 0.3) is 0 Å². The first kappa shape index (κ1) is 50.1. The Hall–Kier alpha value is -1.08. The van der Waals surface area contributed by atoms with Crippen LogP contribution in [0.3, 0.4) is 0 Å². The molecule has 1 aliphatic carbocycles. The highest BCUT2D eigenvalue weighted by molar-refractivity contribution is 5.43. The summed E-state index contributed by atoms with van der Waals surface area (Å²) in [6.45, 7) is 14.1. The highest BCUT2D eigenvalue weighted by Gasteiger charge is 2.68. The molecule has 320 valence electrons. The van der Waals surface area contributed by atoms with Crippen LogP contribution in [0.4, 0.5) is 0 Å². The molecule has 2 rings (SSSR count). The van der Waals surface area contributed by atoms with E-state index in [2.05, 4.69) is 84.0 Å². The van der Waals surface area contributed by atoms with Crippen LogP contribution in [0.2, 0.25) is 0 Å². The van der Waals surface area contributed by atoms with Crippen molar-refractivity contribution in [2.24, 2.45) is 10.8 Å². The third kappa shape index (κ3) is 15.2. The fourth-order valence-corrected chi connectivity index (χ4v) is 11.5. The maximum Gasteiger partial charge on any atom is 0.0929 e. The van der Waals surface area contributed by atoms with Crippen LogP contribution in [0.1, 0.15) is 278 Å². The molecule has 55 heavy (non-hydrogen) atoms. The second-order valence-electron chi connectivity index (χ2n) is 18.8. The van der Waals surface area contributed by atoms with E-state index in [1.165, 1.54) is 217 Å². The number of aliphatic hydroxyl groups is 1. The van der Waals surface area contributed by atoms with E-state index in [1.807, 2.05) is 0 Å². The Morgan fingerprint density at radius 3 is 1.05 bits per heavy atom. The van der Waals surface area contributed by atoms with Crippen molar-refractivity contribution in [1.29, 1.82) is 0 Å². The molecular formula is C54H98O. The molecule has 0 amide bonds. The van der Waals surface area contributed by atoms with Crippen LogP contribution in [0, 0.1) is 10.8 Å². The van der Waals surface area contributed by atoms with E-state index in [9.17, 15) is 5.11 Å². The summed E-state index contributed by atoms with van der Waals surface area (Å²) in [5, 5.41) is 14.0. The van der Waals surface area contributed by atoms with Crippen molar-refractivity contribution >= 4 is 0 Å². The van der Waals surface area contributed by atoms with Gasteiger partial charge in [-0.15, -0.1) is 0 Å². The van der Waals surface area contributed by atoms with Gasteiger partial charge < -0.3 is 5.11 Å². The largest absolute Gasteiger partial charge is 0.385 e. The van der Waals surface area contributed by atoms with Crippen LogP contribution < -0.4 is 0 Å². The Kier molecular flexibility index (Phi) is 27.3. The molecule has 0 heterocycles. The molecule has 0 aliphatic heterocycles. The molecule has 2 unspecified atom stereocenters. The predicted octanol–water partition coefficient (Wildman–Crippen LogP) is 18.4. The molecule has 0 spiro atoms. The van der Waals surface area contributed by atoms with Gasteiger partial charge in [-0.05, 0) is 54.9 Å². The van der Waals surface area contributed by atoms with Gasteiger partial charge in [0.2, 0.25) is 0 Å². The number of allylic oxidation sites excluding steroid dienone is 1. The van der Waals surface area contributed by atoms with Gasteiger partial charge in [-0.3, -0.25) is 0 Å². The fourth-order valence-electron chi connectivity index (χ4n) is 11.5. The Bertz CT molecular complexity index is 1010.